The minimum absolute atomic E-state index is 0. The molecule has 0 aliphatic carbocycles. The minimum atomic E-state index is -1.74. The fourth-order valence-corrected chi connectivity index (χ4v) is 13.0. The van der Waals surface area contributed by atoms with Crippen LogP contribution in [-0.4, -0.2) is 0 Å². The van der Waals surface area contributed by atoms with Gasteiger partial charge in [-0.15, -0.1) is 0 Å². The summed E-state index contributed by atoms with van der Waals surface area (Å²) in [5.74, 6) is 0. The van der Waals surface area contributed by atoms with Gasteiger partial charge in [-0.1, -0.05) is 0 Å². The van der Waals surface area contributed by atoms with Crippen LogP contribution in [0.3, 0.4) is 0 Å². The van der Waals surface area contributed by atoms with E-state index in [0.29, 0.717) is 0 Å². The second kappa shape index (κ2) is 9.85. The Hall–Kier alpha value is -1.18. The summed E-state index contributed by atoms with van der Waals surface area (Å²) in [7, 11) is 0. The Bertz CT molecular complexity index is 569. The molecule has 0 nitrogen and oxygen atoms in total. The first-order valence-electron chi connectivity index (χ1n) is 7.85. The molecule has 0 unspecified atom stereocenters. The van der Waals surface area contributed by atoms with E-state index in [0.717, 1.165) is 0 Å². The summed E-state index contributed by atoms with van der Waals surface area (Å²) in [6.45, 7) is 0. The maximum atomic E-state index is 2.29. The van der Waals surface area contributed by atoms with E-state index in [1.54, 1.807) is 0 Å². The van der Waals surface area contributed by atoms with Gasteiger partial charge in [-0.3, -0.25) is 0 Å². The van der Waals surface area contributed by atoms with Gasteiger partial charge in [0.05, 0.1) is 0 Å². The predicted octanol–water partition coefficient (Wildman–Crippen LogP) is 2.21. The molecule has 0 aliphatic rings. The molecule has 3 aromatic rings. The number of hydrogen-bond acceptors (Lipinski definition) is 0. The first-order chi connectivity index (χ1) is 10.9. The molecule has 0 aliphatic heterocycles. The summed E-state index contributed by atoms with van der Waals surface area (Å²) in [6.07, 6.45) is 0. The molecule has 0 heterocycles. The normalized spacial score (nSPS) is 9.91. The van der Waals surface area contributed by atoms with Gasteiger partial charge >= 0.3 is 142 Å². The van der Waals surface area contributed by atoms with E-state index >= 15 is 0 Å². The van der Waals surface area contributed by atoms with Crippen molar-refractivity contribution < 1.29 is 33.8 Å². The second-order valence-electron chi connectivity index (χ2n) is 5.74. The molecule has 0 saturated heterocycles. The molecule has 3 rings (SSSR count). The number of hydrogen-bond donors (Lipinski definition) is 0. The average molecular weight is 487 g/mol. The first-order valence-corrected chi connectivity index (χ1v) is 15.5. The molecule has 0 aromatic heterocycles. The Morgan fingerprint density at radius 1 is 0.435 bits per heavy atom. The van der Waals surface area contributed by atoms with E-state index in [4.69, 9.17) is 0 Å². The third-order valence-corrected chi connectivity index (χ3v) is 13.7. The van der Waals surface area contributed by atoms with Gasteiger partial charge in [-0.05, 0) is 0 Å². The van der Waals surface area contributed by atoms with Crippen molar-refractivity contribution in [3.05, 3.63) is 108 Å². The zero-order valence-corrected chi connectivity index (χ0v) is 17.5. The molecule has 3 aromatic carbocycles. The molecule has 0 saturated carbocycles. The van der Waals surface area contributed by atoms with Gasteiger partial charge in [-0.2, -0.15) is 0 Å². The Kier molecular flexibility index (Phi) is 7.78. The van der Waals surface area contributed by atoms with Crippen LogP contribution in [0.4, 0.5) is 0 Å². The molecule has 0 amide bonds. The van der Waals surface area contributed by atoms with E-state index in [-0.39, 0.29) is 12.4 Å². The van der Waals surface area contributed by atoms with Crippen molar-refractivity contribution in [3.8, 4) is 0 Å². The van der Waals surface area contributed by atoms with Gasteiger partial charge in [0.15, 0.2) is 0 Å². The van der Waals surface area contributed by atoms with E-state index < -0.39 is 21.4 Å². The van der Waals surface area contributed by atoms with Crippen molar-refractivity contribution in [3.63, 3.8) is 0 Å². The zero-order valence-electron chi connectivity index (χ0n) is 13.2. The molecular formula is C21H21ClHf. The first kappa shape index (κ1) is 18.2. The Balaban J connectivity index is 0.00000192. The van der Waals surface area contributed by atoms with Crippen molar-refractivity contribution in [1.82, 2.24) is 0 Å². The maximum absolute atomic E-state index is 2.29. The molecule has 0 radical (unpaired) electrons. The summed E-state index contributed by atoms with van der Waals surface area (Å²) in [6, 6.07) is 33.1. The molecule has 0 bridgehead atoms. The summed E-state index contributed by atoms with van der Waals surface area (Å²) < 4.78 is 4.03. The van der Waals surface area contributed by atoms with E-state index in [1.807, 2.05) is 0 Å². The Labute approximate surface area is 153 Å². The third-order valence-electron chi connectivity index (χ3n) is 3.89. The van der Waals surface area contributed by atoms with Gasteiger partial charge in [-0.25, -0.2) is 0 Å². The van der Waals surface area contributed by atoms with Gasteiger partial charge in [0, 0.05) is 0 Å². The van der Waals surface area contributed by atoms with Crippen LogP contribution in [-0.2, 0) is 34.0 Å². The zero-order chi connectivity index (χ0) is 15.0. The van der Waals surface area contributed by atoms with E-state index in [2.05, 4.69) is 91.0 Å². The second-order valence-corrected chi connectivity index (χ2v) is 14.9. The van der Waals surface area contributed by atoms with Crippen LogP contribution in [0.15, 0.2) is 91.0 Å². The molecule has 2 heteroatoms. The van der Waals surface area contributed by atoms with Gasteiger partial charge in [0.25, 0.3) is 0 Å². The SMILES string of the molecule is [Cl-].c1ccc([CH2][Hf+]([CH2]c2ccccc2)[CH2]c2ccccc2)cc1. The van der Waals surface area contributed by atoms with Crippen molar-refractivity contribution in [2.24, 2.45) is 0 Å². The van der Waals surface area contributed by atoms with Gasteiger partial charge < -0.3 is 12.4 Å². The topological polar surface area (TPSA) is 0 Å². The fraction of sp³-hybridized carbons (Fsp3) is 0.143. The quantitative estimate of drug-likeness (QED) is 0.468. The van der Waals surface area contributed by atoms with Crippen molar-refractivity contribution in [1.29, 1.82) is 0 Å². The molecule has 0 spiro atoms. The van der Waals surface area contributed by atoms with Crippen molar-refractivity contribution >= 4 is 0 Å². The fourth-order valence-electron chi connectivity index (χ4n) is 2.84. The van der Waals surface area contributed by atoms with Crippen molar-refractivity contribution in [2.75, 3.05) is 0 Å². The standard InChI is InChI=1S/3C7H7.ClH.Hf/c3*1-7-5-3-2-4-6-7;;/h3*2-6H,1H2;1H;/q;;;;+1/p-1. The van der Waals surface area contributed by atoms with Crippen LogP contribution in [0, 0.1) is 0 Å². The van der Waals surface area contributed by atoms with Crippen LogP contribution < -0.4 is 12.4 Å². The van der Waals surface area contributed by atoms with Gasteiger partial charge in [0.2, 0.25) is 0 Å². The van der Waals surface area contributed by atoms with E-state index in [1.165, 1.54) is 29.2 Å². The van der Waals surface area contributed by atoms with Gasteiger partial charge in [0.1, 0.15) is 0 Å². The molecule has 0 fully saturated rings. The summed E-state index contributed by atoms with van der Waals surface area (Å²) in [5, 5.41) is 0. The predicted molar refractivity (Wildman–Crippen MR) is 90.4 cm³/mol. The van der Waals surface area contributed by atoms with Crippen LogP contribution in [0.5, 0.6) is 0 Å². The average Bonchev–Trinajstić information content (AvgIpc) is 2.57. The van der Waals surface area contributed by atoms with Crippen LogP contribution in [0.25, 0.3) is 0 Å². The van der Waals surface area contributed by atoms with E-state index in [9.17, 15) is 0 Å². The summed E-state index contributed by atoms with van der Waals surface area (Å²) in [4.78, 5) is 0. The monoisotopic (exact) mass is 488 g/mol. The van der Waals surface area contributed by atoms with Crippen LogP contribution >= 0.6 is 0 Å². The molecule has 116 valence electrons. The summed E-state index contributed by atoms with van der Waals surface area (Å²) >= 11 is -1.74. The van der Waals surface area contributed by atoms with Crippen LogP contribution in [0.1, 0.15) is 16.7 Å². The number of halogens is 1. The molecule has 23 heavy (non-hydrogen) atoms. The number of benzene rings is 3. The molecular weight excluding hydrogens is 466 g/mol. The van der Waals surface area contributed by atoms with Crippen molar-refractivity contribution in [2.45, 2.75) is 12.5 Å². The number of rotatable bonds is 6. The van der Waals surface area contributed by atoms with Crippen LogP contribution in [0.2, 0.25) is 0 Å². The third kappa shape index (κ3) is 6.08. The molecule has 0 N–H and O–H groups in total. The molecule has 0 atom stereocenters. The summed E-state index contributed by atoms with van der Waals surface area (Å²) in [5.41, 5.74) is 4.57. The Morgan fingerprint density at radius 2 is 0.696 bits per heavy atom. The Morgan fingerprint density at radius 3 is 0.957 bits per heavy atom.